The minimum atomic E-state index is -0.872. The highest BCUT2D eigenvalue weighted by Crippen LogP contribution is 2.26. The molecular formula is C10H11NO3. The maximum Gasteiger partial charge on any atom is 0.323 e. The summed E-state index contributed by atoms with van der Waals surface area (Å²) in [4.78, 5) is 15.8. The summed E-state index contributed by atoms with van der Waals surface area (Å²) in [5.41, 5.74) is 3.51. The van der Waals surface area contributed by atoms with Crippen LogP contribution in [0.1, 0.15) is 18.1 Å². The van der Waals surface area contributed by atoms with E-state index in [1.165, 1.54) is 0 Å². The molecule has 4 nitrogen and oxygen atoms in total. The number of rotatable bonds is 2. The summed E-state index contributed by atoms with van der Waals surface area (Å²) < 4.78 is 0. The van der Waals surface area contributed by atoms with Gasteiger partial charge >= 0.3 is 5.97 Å². The molecule has 2 N–H and O–H groups in total. The van der Waals surface area contributed by atoms with E-state index in [1.807, 2.05) is 30.3 Å². The average molecular weight is 193 g/mol. The number of hydrogen-bond acceptors (Lipinski definition) is 3. The number of carbonyl (C=O) groups is 1. The molecule has 1 aliphatic heterocycles. The monoisotopic (exact) mass is 193 g/mol. The van der Waals surface area contributed by atoms with Crippen LogP contribution in [-0.2, 0) is 9.63 Å². The highest BCUT2D eigenvalue weighted by molar-refractivity contribution is 5.73. The fraction of sp³-hybridized carbons (Fsp3) is 0.300. The summed E-state index contributed by atoms with van der Waals surface area (Å²) >= 11 is 0. The largest absolute Gasteiger partial charge is 0.480 e. The molecule has 0 aliphatic carbocycles. The highest BCUT2D eigenvalue weighted by Gasteiger charge is 2.31. The van der Waals surface area contributed by atoms with Gasteiger partial charge in [0.1, 0.15) is 12.1 Å². The third kappa shape index (κ3) is 1.76. The standard InChI is InChI=1S/C10H11NO3/c12-10(13)8-6-9(14-11-8)7-4-2-1-3-5-7/h1-5,8-9,11H,6H2,(H,12,13). The van der Waals surface area contributed by atoms with Crippen molar-refractivity contribution in [2.75, 3.05) is 0 Å². The van der Waals surface area contributed by atoms with Crippen molar-refractivity contribution in [1.29, 1.82) is 0 Å². The maximum atomic E-state index is 10.6. The normalized spacial score (nSPS) is 26.3. The summed E-state index contributed by atoms with van der Waals surface area (Å²) in [6.07, 6.45) is 0.316. The summed E-state index contributed by atoms with van der Waals surface area (Å²) in [6, 6.07) is 8.99. The summed E-state index contributed by atoms with van der Waals surface area (Å²) in [6.45, 7) is 0. The molecule has 14 heavy (non-hydrogen) atoms. The first kappa shape index (κ1) is 9.18. The van der Waals surface area contributed by atoms with Crippen LogP contribution in [0, 0.1) is 0 Å². The summed E-state index contributed by atoms with van der Waals surface area (Å²) in [5, 5.41) is 8.74. The van der Waals surface area contributed by atoms with Gasteiger partial charge in [-0.05, 0) is 5.56 Å². The van der Waals surface area contributed by atoms with Gasteiger partial charge < -0.3 is 5.11 Å². The lowest BCUT2D eigenvalue weighted by Gasteiger charge is -2.06. The van der Waals surface area contributed by atoms with Crippen molar-refractivity contribution in [3.05, 3.63) is 35.9 Å². The van der Waals surface area contributed by atoms with E-state index in [1.54, 1.807) is 0 Å². The van der Waals surface area contributed by atoms with Gasteiger partial charge in [-0.25, -0.2) is 0 Å². The molecule has 74 valence electrons. The first-order valence-corrected chi connectivity index (χ1v) is 4.46. The van der Waals surface area contributed by atoms with Crippen molar-refractivity contribution in [2.24, 2.45) is 0 Å². The number of hydroxylamine groups is 1. The van der Waals surface area contributed by atoms with Crippen LogP contribution in [0.3, 0.4) is 0 Å². The fourth-order valence-corrected chi connectivity index (χ4v) is 1.50. The molecule has 2 rings (SSSR count). The highest BCUT2D eigenvalue weighted by atomic mass is 16.7. The SMILES string of the molecule is O=C(O)C1CC(c2ccccc2)ON1. The Kier molecular flexibility index (Phi) is 2.47. The zero-order chi connectivity index (χ0) is 9.97. The number of aliphatic carboxylic acids is 1. The van der Waals surface area contributed by atoms with Gasteiger partial charge in [-0.2, -0.15) is 5.48 Å². The molecule has 0 bridgehead atoms. The molecule has 1 heterocycles. The van der Waals surface area contributed by atoms with Gasteiger partial charge in [-0.15, -0.1) is 0 Å². The molecule has 0 aromatic heterocycles. The van der Waals surface area contributed by atoms with Gasteiger partial charge in [0.15, 0.2) is 0 Å². The summed E-state index contributed by atoms with van der Waals surface area (Å²) in [5.74, 6) is -0.872. The van der Waals surface area contributed by atoms with Gasteiger partial charge in [0.2, 0.25) is 0 Å². The number of hydrogen-bond donors (Lipinski definition) is 2. The predicted octanol–water partition coefficient (Wildman–Crippen LogP) is 1.11. The van der Waals surface area contributed by atoms with E-state index < -0.39 is 12.0 Å². The average Bonchev–Trinajstić information content (AvgIpc) is 2.68. The Balaban J connectivity index is 2.06. The molecule has 1 fully saturated rings. The molecule has 1 saturated heterocycles. The van der Waals surface area contributed by atoms with Gasteiger partial charge in [0.25, 0.3) is 0 Å². The second kappa shape index (κ2) is 3.77. The second-order valence-corrected chi connectivity index (χ2v) is 3.26. The molecule has 1 aliphatic rings. The summed E-state index contributed by atoms with van der Waals surface area (Å²) in [7, 11) is 0. The van der Waals surface area contributed by atoms with E-state index in [9.17, 15) is 4.79 Å². The molecule has 1 aromatic rings. The third-order valence-electron chi connectivity index (χ3n) is 2.27. The Morgan fingerprint density at radius 1 is 1.43 bits per heavy atom. The van der Waals surface area contributed by atoms with Crippen LogP contribution in [0.5, 0.6) is 0 Å². The van der Waals surface area contributed by atoms with Crippen LogP contribution in [0.15, 0.2) is 30.3 Å². The van der Waals surface area contributed by atoms with Crippen LogP contribution < -0.4 is 5.48 Å². The maximum absolute atomic E-state index is 10.6. The van der Waals surface area contributed by atoms with Gasteiger partial charge in [-0.1, -0.05) is 30.3 Å². The van der Waals surface area contributed by atoms with Crippen LogP contribution in [0.2, 0.25) is 0 Å². The van der Waals surface area contributed by atoms with E-state index in [0.717, 1.165) is 5.56 Å². The van der Waals surface area contributed by atoms with E-state index in [0.29, 0.717) is 6.42 Å². The Labute approximate surface area is 81.5 Å². The van der Waals surface area contributed by atoms with Crippen molar-refractivity contribution in [3.8, 4) is 0 Å². The molecule has 0 radical (unpaired) electrons. The third-order valence-corrected chi connectivity index (χ3v) is 2.27. The number of carboxylic acid groups (broad SMARTS) is 1. The molecule has 0 amide bonds. The van der Waals surface area contributed by atoms with Crippen LogP contribution in [0.4, 0.5) is 0 Å². The lowest BCUT2D eigenvalue weighted by atomic mass is 10.0. The van der Waals surface area contributed by atoms with Crippen LogP contribution in [-0.4, -0.2) is 17.1 Å². The van der Waals surface area contributed by atoms with Gasteiger partial charge in [0, 0.05) is 6.42 Å². The predicted molar refractivity (Wildman–Crippen MR) is 49.4 cm³/mol. The van der Waals surface area contributed by atoms with Crippen molar-refractivity contribution in [2.45, 2.75) is 18.6 Å². The molecular weight excluding hydrogens is 182 g/mol. The fourth-order valence-electron chi connectivity index (χ4n) is 1.50. The minimum absolute atomic E-state index is 0.155. The second-order valence-electron chi connectivity index (χ2n) is 3.26. The van der Waals surface area contributed by atoms with Crippen molar-refractivity contribution < 1.29 is 14.7 Å². The van der Waals surface area contributed by atoms with E-state index >= 15 is 0 Å². The van der Waals surface area contributed by atoms with Crippen LogP contribution >= 0.6 is 0 Å². The molecule has 2 unspecified atom stereocenters. The van der Waals surface area contributed by atoms with E-state index in [-0.39, 0.29) is 6.10 Å². The van der Waals surface area contributed by atoms with Crippen LogP contribution in [0.25, 0.3) is 0 Å². The van der Waals surface area contributed by atoms with Crippen molar-refractivity contribution in [1.82, 2.24) is 5.48 Å². The number of nitrogens with one attached hydrogen (secondary N) is 1. The molecule has 0 spiro atoms. The zero-order valence-corrected chi connectivity index (χ0v) is 7.51. The number of benzene rings is 1. The molecule has 0 saturated carbocycles. The van der Waals surface area contributed by atoms with E-state index in [4.69, 9.17) is 9.94 Å². The Bertz CT molecular complexity index is 325. The van der Waals surface area contributed by atoms with E-state index in [2.05, 4.69) is 5.48 Å². The topological polar surface area (TPSA) is 58.6 Å². The zero-order valence-electron chi connectivity index (χ0n) is 7.51. The van der Waals surface area contributed by atoms with Gasteiger partial charge in [-0.3, -0.25) is 9.63 Å². The Morgan fingerprint density at radius 3 is 2.71 bits per heavy atom. The smallest absolute Gasteiger partial charge is 0.323 e. The lowest BCUT2D eigenvalue weighted by molar-refractivity contribution is -0.140. The quantitative estimate of drug-likeness (QED) is 0.738. The van der Waals surface area contributed by atoms with Crippen molar-refractivity contribution in [3.63, 3.8) is 0 Å². The van der Waals surface area contributed by atoms with Gasteiger partial charge in [0.05, 0.1) is 0 Å². The Morgan fingerprint density at radius 2 is 2.14 bits per heavy atom. The molecule has 4 heteroatoms. The molecule has 1 aromatic carbocycles. The van der Waals surface area contributed by atoms with Crippen molar-refractivity contribution >= 4 is 5.97 Å². The first-order chi connectivity index (χ1) is 6.77. The Hall–Kier alpha value is -1.39. The minimum Gasteiger partial charge on any atom is -0.480 e. The first-order valence-electron chi connectivity index (χ1n) is 4.46. The lowest BCUT2D eigenvalue weighted by Crippen LogP contribution is -2.29. The molecule has 2 atom stereocenters. The number of carboxylic acids is 1.